The van der Waals surface area contributed by atoms with E-state index >= 15 is 0 Å². The second-order valence-electron chi connectivity index (χ2n) is 8.67. The van der Waals surface area contributed by atoms with Crippen LogP contribution in [0, 0.1) is 34.5 Å². The monoisotopic (exact) mass is 300 g/mol. The molecular weight excluding hydrogens is 272 g/mol. The van der Waals surface area contributed by atoms with Crippen LogP contribution in [0.1, 0.15) is 52.9 Å². The van der Waals surface area contributed by atoms with Crippen molar-refractivity contribution in [2.24, 2.45) is 34.5 Å². The Labute approximate surface area is 133 Å². The van der Waals surface area contributed by atoms with Crippen molar-refractivity contribution in [2.75, 3.05) is 0 Å². The highest BCUT2D eigenvalue weighted by molar-refractivity contribution is 5.87. The lowest BCUT2D eigenvalue weighted by atomic mass is 9.47. The number of ketones is 1. The van der Waals surface area contributed by atoms with Crippen LogP contribution in [0.25, 0.3) is 0 Å². The van der Waals surface area contributed by atoms with Gasteiger partial charge in [-0.1, -0.05) is 44.6 Å². The highest BCUT2D eigenvalue weighted by Crippen LogP contribution is 2.64. The van der Waals surface area contributed by atoms with Crippen molar-refractivity contribution >= 4 is 5.78 Å². The second kappa shape index (κ2) is 4.56. The number of hydrogen-bond donors (Lipinski definition) is 1. The van der Waals surface area contributed by atoms with Crippen LogP contribution in [0.5, 0.6) is 0 Å². The molecule has 120 valence electrons. The number of aliphatic hydroxyl groups is 1. The molecule has 0 bridgehead atoms. The van der Waals surface area contributed by atoms with Gasteiger partial charge in [-0.3, -0.25) is 4.79 Å². The van der Waals surface area contributed by atoms with Gasteiger partial charge in [-0.2, -0.15) is 0 Å². The Kier molecular flexibility index (Phi) is 3.05. The minimum atomic E-state index is -0.315. The minimum Gasteiger partial charge on any atom is -0.389 e. The topological polar surface area (TPSA) is 37.3 Å². The fraction of sp³-hybridized carbons (Fsp3) is 0.750. The highest BCUT2D eigenvalue weighted by Gasteiger charge is 2.59. The summed E-state index contributed by atoms with van der Waals surface area (Å²) in [5, 5.41) is 10.00. The van der Waals surface area contributed by atoms with E-state index in [0.717, 1.165) is 32.1 Å². The fourth-order valence-corrected chi connectivity index (χ4v) is 6.37. The third kappa shape index (κ3) is 1.73. The molecule has 2 unspecified atom stereocenters. The minimum absolute atomic E-state index is 0.0605. The first-order valence-corrected chi connectivity index (χ1v) is 8.98. The Morgan fingerprint density at radius 2 is 2.00 bits per heavy atom. The molecule has 0 aliphatic heterocycles. The number of rotatable bonds is 0. The summed E-state index contributed by atoms with van der Waals surface area (Å²) in [7, 11) is 0. The molecule has 1 N–H and O–H groups in total. The number of Topliss-reactive ketones (excluding diaryl/α,β-unsaturated/α-hetero) is 1. The molecule has 2 nitrogen and oxygen atoms in total. The number of fused-ring (bicyclic) bond motifs is 5. The molecule has 0 radical (unpaired) electrons. The molecule has 2 saturated carbocycles. The lowest BCUT2D eigenvalue weighted by molar-refractivity contribution is -0.132. The van der Waals surface area contributed by atoms with E-state index in [2.05, 4.69) is 32.9 Å². The maximum atomic E-state index is 12.5. The number of allylic oxidation sites excluding steroid dienone is 2. The molecule has 0 amide bonds. The summed E-state index contributed by atoms with van der Waals surface area (Å²) in [5.74, 6) is 2.86. The lowest BCUT2D eigenvalue weighted by Crippen LogP contribution is -2.51. The lowest BCUT2D eigenvalue weighted by Gasteiger charge is -2.57. The third-order valence-corrected chi connectivity index (χ3v) is 7.67. The van der Waals surface area contributed by atoms with Crippen LogP contribution in [-0.2, 0) is 4.79 Å². The molecule has 0 saturated heterocycles. The standard InChI is InChI=1S/C20H28O2/c1-12-10-13-11-14(21)6-8-19(13,2)16-7-9-20(3)15(18(12)16)4-5-17(20)22/h6,8,10,12,14-16,18,21H,4-5,7,9,11H2,1-3H3/t12?,14?,15-,16+,18-,19-,20-/m0/s1. The summed E-state index contributed by atoms with van der Waals surface area (Å²) in [6.07, 6.45) is 11.3. The molecule has 0 aromatic heterocycles. The molecule has 7 atom stereocenters. The zero-order valence-corrected chi connectivity index (χ0v) is 14.0. The summed E-state index contributed by atoms with van der Waals surface area (Å²) in [4.78, 5) is 12.5. The smallest absolute Gasteiger partial charge is 0.139 e. The van der Waals surface area contributed by atoms with E-state index in [1.807, 2.05) is 6.08 Å². The molecule has 4 rings (SSSR count). The van der Waals surface area contributed by atoms with Gasteiger partial charge in [0.05, 0.1) is 6.10 Å². The van der Waals surface area contributed by atoms with E-state index in [1.54, 1.807) is 0 Å². The first-order valence-electron chi connectivity index (χ1n) is 8.98. The molecular formula is C20H28O2. The van der Waals surface area contributed by atoms with Crippen LogP contribution < -0.4 is 0 Å². The van der Waals surface area contributed by atoms with Crippen molar-refractivity contribution in [1.82, 2.24) is 0 Å². The predicted octanol–water partition coefficient (Wildman–Crippen LogP) is 3.90. The Hall–Kier alpha value is -0.890. The highest BCUT2D eigenvalue weighted by atomic mass is 16.3. The van der Waals surface area contributed by atoms with Gasteiger partial charge in [0.25, 0.3) is 0 Å². The second-order valence-corrected chi connectivity index (χ2v) is 8.67. The molecule has 2 heteroatoms. The van der Waals surface area contributed by atoms with Crippen LogP contribution in [0.15, 0.2) is 23.8 Å². The van der Waals surface area contributed by atoms with Crippen molar-refractivity contribution in [3.8, 4) is 0 Å². The van der Waals surface area contributed by atoms with Gasteiger partial charge >= 0.3 is 0 Å². The summed E-state index contributed by atoms with van der Waals surface area (Å²) >= 11 is 0. The SMILES string of the molecule is CC1C=C2CC(O)C=C[C@]2(C)[C@@H]2CC[C@]3(C)C(=O)CC[C@H]3[C@H]12. The number of carbonyl (C=O) groups excluding carboxylic acids is 1. The number of hydrogen-bond acceptors (Lipinski definition) is 2. The van der Waals surface area contributed by atoms with Crippen LogP contribution in [0.3, 0.4) is 0 Å². The van der Waals surface area contributed by atoms with Gasteiger partial charge in [-0.25, -0.2) is 0 Å². The quantitative estimate of drug-likeness (QED) is 0.689. The van der Waals surface area contributed by atoms with Crippen molar-refractivity contribution in [3.63, 3.8) is 0 Å². The molecule has 0 aromatic rings. The van der Waals surface area contributed by atoms with Gasteiger partial charge in [-0.15, -0.1) is 0 Å². The third-order valence-electron chi connectivity index (χ3n) is 7.67. The molecule has 2 fully saturated rings. The van der Waals surface area contributed by atoms with Crippen molar-refractivity contribution < 1.29 is 9.90 Å². The van der Waals surface area contributed by atoms with Crippen LogP contribution in [-0.4, -0.2) is 17.0 Å². The molecule has 4 aliphatic rings. The van der Waals surface area contributed by atoms with E-state index in [4.69, 9.17) is 0 Å². The van der Waals surface area contributed by atoms with Gasteiger partial charge in [0.15, 0.2) is 0 Å². The van der Waals surface area contributed by atoms with E-state index in [1.165, 1.54) is 5.57 Å². The summed E-state index contributed by atoms with van der Waals surface area (Å²) in [6, 6.07) is 0. The Morgan fingerprint density at radius 1 is 1.23 bits per heavy atom. The molecule has 4 aliphatic carbocycles. The van der Waals surface area contributed by atoms with Gasteiger partial charge in [0, 0.05) is 17.3 Å². The van der Waals surface area contributed by atoms with Gasteiger partial charge in [-0.05, 0) is 49.4 Å². The predicted molar refractivity (Wildman–Crippen MR) is 87.2 cm³/mol. The Balaban J connectivity index is 1.78. The van der Waals surface area contributed by atoms with Gasteiger partial charge < -0.3 is 5.11 Å². The average molecular weight is 300 g/mol. The van der Waals surface area contributed by atoms with Crippen molar-refractivity contribution in [3.05, 3.63) is 23.8 Å². The normalized spacial score (nSPS) is 53.5. The van der Waals surface area contributed by atoms with Crippen molar-refractivity contribution in [1.29, 1.82) is 0 Å². The molecule has 0 aromatic carbocycles. The fourth-order valence-electron chi connectivity index (χ4n) is 6.37. The first-order chi connectivity index (χ1) is 10.4. The average Bonchev–Trinajstić information content (AvgIpc) is 2.77. The molecule has 22 heavy (non-hydrogen) atoms. The zero-order chi connectivity index (χ0) is 15.7. The molecule has 0 heterocycles. The summed E-state index contributed by atoms with van der Waals surface area (Å²) in [5.41, 5.74) is 1.47. The van der Waals surface area contributed by atoms with Crippen LogP contribution in [0.4, 0.5) is 0 Å². The summed E-state index contributed by atoms with van der Waals surface area (Å²) in [6.45, 7) is 6.94. The van der Waals surface area contributed by atoms with Crippen LogP contribution >= 0.6 is 0 Å². The molecule has 0 spiro atoms. The van der Waals surface area contributed by atoms with E-state index in [9.17, 15) is 9.90 Å². The number of carbonyl (C=O) groups is 1. The van der Waals surface area contributed by atoms with Gasteiger partial charge in [0.1, 0.15) is 5.78 Å². The maximum Gasteiger partial charge on any atom is 0.139 e. The first kappa shape index (κ1) is 14.7. The van der Waals surface area contributed by atoms with Gasteiger partial charge in [0.2, 0.25) is 0 Å². The maximum absolute atomic E-state index is 12.5. The Morgan fingerprint density at radius 3 is 2.77 bits per heavy atom. The number of aliphatic hydroxyl groups excluding tert-OH is 1. The van der Waals surface area contributed by atoms with Crippen LogP contribution in [0.2, 0.25) is 0 Å². The summed E-state index contributed by atoms with van der Waals surface area (Å²) < 4.78 is 0. The van der Waals surface area contributed by atoms with E-state index in [0.29, 0.717) is 29.5 Å². The van der Waals surface area contributed by atoms with E-state index < -0.39 is 0 Å². The largest absolute Gasteiger partial charge is 0.389 e. The van der Waals surface area contributed by atoms with E-state index in [-0.39, 0.29) is 16.9 Å². The Bertz CT molecular complexity index is 574. The van der Waals surface area contributed by atoms with Crippen molar-refractivity contribution in [2.45, 2.75) is 59.0 Å². The zero-order valence-electron chi connectivity index (χ0n) is 14.0.